The van der Waals surface area contributed by atoms with Crippen LogP contribution in [0.1, 0.15) is 13.3 Å². The van der Waals surface area contributed by atoms with Crippen LogP contribution in [0.4, 0.5) is 11.5 Å². The zero-order valence-corrected chi connectivity index (χ0v) is 14.6. The summed E-state index contributed by atoms with van der Waals surface area (Å²) >= 11 is 0. The summed E-state index contributed by atoms with van der Waals surface area (Å²) in [7, 11) is 0. The molecule has 0 aliphatic carbocycles. The Morgan fingerprint density at radius 3 is 2.41 bits per heavy atom. The predicted octanol–water partition coefficient (Wildman–Crippen LogP) is -3.73. The van der Waals surface area contributed by atoms with Gasteiger partial charge in [-0.05, 0) is 6.92 Å². The normalized spacial score (nSPS) is 17.9. The van der Waals surface area contributed by atoms with Gasteiger partial charge in [0.2, 0.25) is 5.91 Å². The molecule has 27 heavy (non-hydrogen) atoms. The first-order chi connectivity index (χ1) is 12.6. The molecule has 12 heteroatoms. The second kappa shape index (κ2) is 8.43. The van der Waals surface area contributed by atoms with Gasteiger partial charge in [-0.25, -0.2) is 4.79 Å². The Bertz CT molecular complexity index is 819. The van der Waals surface area contributed by atoms with E-state index in [0.717, 1.165) is 4.90 Å². The van der Waals surface area contributed by atoms with Crippen molar-refractivity contribution in [3.05, 3.63) is 20.8 Å². The first kappa shape index (κ1) is 20.8. The summed E-state index contributed by atoms with van der Waals surface area (Å²) in [4.78, 5) is 54.5. The lowest BCUT2D eigenvalue weighted by Gasteiger charge is -2.29. The Kier molecular flexibility index (Phi) is 6.49. The minimum Gasteiger partial charge on any atom is -0.394 e. The molecule has 1 amide bonds. The quantitative estimate of drug-likeness (QED) is 0.274. The van der Waals surface area contributed by atoms with Gasteiger partial charge in [-0.1, -0.05) is 0 Å². The second-order valence-electron chi connectivity index (χ2n) is 6.29. The number of nitrogens with one attached hydrogen (secondary N) is 2. The highest BCUT2D eigenvalue weighted by molar-refractivity contribution is 6.01. The van der Waals surface area contributed by atoms with E-state index < -0.39 is 42.1 Å². The molecular formula is C15H22N4O8. The Morgan fingerprint density at radius 2 is 1.81 bits per heavy atom. The number of fused-ring (bicyclic) bond motifs is 1. The molecule has 0 bridgehead atoms. The summed E-state index contributed by atoms with van der Waals surface area (Å²) in [5.74, 6) is -1.01. The van der Waals surface area contributed by atoms with Gasteiger partial charge in [-0.3, -0.25) is 29.3 Å². The van der Waals surface area contributed by atoms with Gasteiger partial charge in [0.25, 0.3) is 5.56 Å². The molecule has 0 spiro atoms. The van der Waals surface area contributed by atoms with Crippen LogP contribution in [-0.2, 0) is 9.59 Å². The number of hydrogen-bond acceptors (Lipinski definition) is 9. The summed E-state index contributed by atoms with van der Waals surface area (Å²) in [6, 6.07) is 0. The van der Waals surface area contributed by atoms with Gasteiger partial charge >= 0.3 is 5.69 Å². The largest absolute Gasteiger partial charge is 0.394 e. The average Bonchev–Trinajstić information content (AvgIpc) is 2.72. The standard InChI is InChI=1S/C15H22N4O8/c1-7(21)4-19-10(24)2-3-18(5-8(22)12(25)9(23)6-20)13-11(19)14(26)17-15(27)16-13/h8-9,12,20,22-23,25H,2-6H2,1H3,(H2,16,17,26,27)/t8-,9+,12-/m0/s1. The SMILES string of the molecule is CC(=O)CN1C(=O)CCN(C[C@H](O)[C@H](O)[C@H](O)CO)c2[nH]c(=O)[nH]c(=O)c21. The van der Waals surface area contributed by atoms with Crippen molar-refractivity contribution in [1.29, 1.82) is 0 Å². The summed E-state index contributed by atoms with van der Waals surface area (Å²) in [6.45, 7) is -0.296. The molecule has 2 heterocycles. The molecule has 0 unspecified atom stereocenters. The fourth-order valence-electron chi connectivity index (χ4n) is 2.82. The summed E-state index contributed by atoms with van der Waals surface area (Å²) in [5, 5.41) is 38.3. The number of aliphatic hydroxyl groups excluding tert-OH is 4. The van der Waals surface area contributed by atoms with E-state index in [1.807, 2.05) is 4.98 Å². The summed E-state index contributed by atoms with van der Waals surface area (Å²) < 4.78 is 0. The molecule has 0 saturated carbocycles. The minimum absolute atomic E-state index is 0.0291. The van der Waals surface area contributed by atoms with E-state index in [4.69, 9.17) is 5.11 Å². The van der Waals surface area contributed by atoms with Gasteiger partial charge in [-0.15, -0.1) is 0 Å². The summed E-state index contributed by atoms with van der Waals surface area (Å²) in [6.07, 6.45) is -4.98. The fourth-order valence-corrected chi connectivity index (χ4v) is 2.82. The monoisotopic (exact) mass is 386 g/mol. The molecule has 1 aromatic rings. The first-order valence-corrected chi connectivity index (χ1v) is 8.22. The van der Waals surface area contributed by atoms with Crippen molar-refractivity contribution in [3.63, 3.8) is 0 Å². The third-order valence-electron chi connectivity index (χ3n) is 4.14. The zero-order valence-electron chi connectivity index (χ0n) is 14.6. The number of aromatic nitrogens is 2. The number of hydrogen-bond donors (Lipinski definition) is 6. The summed E-state index contributed by atoms with van der Waals surface area (Å²) in [5.41, 5.74) is -2.00. The molecule has 12 nitrogen and oxygen atoms in total. The van der Waals surface area contributed by atoms with Crippen LogP contribution in [0.5, 0.6) is 0 Å². The third kappa shape index (κ3) is 4.60. The molecule has 0 radical (unpaired) electrons. The molecule has 3 atom stereocenters. The molecule has 0 saturated heterocycles. The lowest BCUT2D eigenvalue weighted by atomic mass is 10.1. The molecule has 150 valence electrons. The van der Waals surface area contributed by atoms with Gasteiger partial charge in [0.05, 0.1) is 19.3 Å². The van der Waals surface area contributed by atoms with Gasteiger partial charge in [-0.2, -0.15) is 0 Å². The molecule has 0 fully saturated rings. The number of nitrogens with zero attached hydrogens (tertiary/aromatic N) is 2. The highest BCUT2D eigenvalue weighted by Crippen LogP contribution is 2.26. The maximum Gasteiger partial charge on any atom is 0.327 e. The number of aromatic amines is 2. The van der Waals surface area contributed by atoms with Gasteiger partial charge in [0, 0.05) is 19.5 Å². The molecule has 1 aromatic heterocycles. The number of anilines is 2. The van der Waals surface area contributed by atoms with Crippen LogP contribution >= 0.6 is 0 Å². The number of H-pyrrole nitrogens is 2. The van der Waals surface area contributed by atoms with Gasteiger partial charge in [0.1, 0.15) is 23.8 Å². The van der Waals surface area contributed by atoms with Gasteiger partial charge in [0.15, 0.2) is 5.69 Å². The van der Waals surface area contributed by atoms with Gasteiger partial charge < -0.3 is 25.3 Å². The number of rotatable bonds is 7. The highest BCUT2D eigenvalue weighted by Gasteiger charge is 2.33. The van der Waals surface area contributed by atoms with Crippen LogP contribution in [-0.4, -0.2) is 86.6 Å². The van der Waals surface area contributed by atoms with Crippen LogP contribution in [0.15, 0.2) is 9.59 Å². The maximum atomic E-state index is 12.4. The Morgan fingerprint density at radius 1 is 1.15 bits per heavy atom. The van der Waals surface area contributed by atoms with E-state index in [0.29, 0.717) is 0 Å². The molecule has 1 aliphatic heterocycles. The van der Waals surface area contributed by atoms with Crippen molar-refractivity contribution < 1.29 is 30.0 Å². The molecule has 6 N–H and O–H groups in total. The van der Waals surface area contributed by atoms with Crippen LogP contribution in [0.25, 0.3) is 0 Å². The number of aliphatic hydroxyl groups is 4. The van der Waals surface area contributed by atoms with Crippen molar-refractivity contribution in [1.82, 2.24) is 9.97 Å². The number of carbonyl (C=O) groups excluding carboxylic acids is 2. The first-order valence-electron chi connectivity index (χ1n) is 8.22. The smallest absolute Gasteiger partial charge is 0.327 e. The van der Waals surface area contributed by atoms with E-state index >= 15 is 0 Å². The highest BCUT2D eigenvalue weighted by atomic mass is 16.4. The molecule has 0 aromatic carbocycles. The lowest BCUT2D eigenvalue weighted by Crippen LogP contribution is -2.47. The molecular weight excluding hydrogens is 364 g/mol. The second-order valence-corrected chi connectivity index (χ2v) is 6.29. The van der Waals surface area contributed by atoms with Crippen LogP contribution in [0, 0.1) is 0 Å². The Hall–Kier alpha value is -2.54. The van der Waals surface area contributed by atoms with E-state index in [1.54, 1.807) is 0 Å². The maximum absolute atomic E-state index is 12.4. The van der Waals surface area contributed by atoms with E-state index in [2.05, 4.69) is 4.98 Å². The van der Waals surface area contributed by atoms with Crippen LogP contribution < -0.4 is 21.0 Å². The van der Waals surface area contributed by atoms with E-state index in [-0.39, 0.29) is 43.3 Å². The van der Waals surface area contributed by atoms with Crippen molar-refractivity contribution in [2.45, 2.75) is 31.7 Å². The number of β-amino-alcohol motifs (C(OH)–C–C–N with tert-alkyl or cyclic N) is 1. The number of ketones is 1. The lowest BCUT2D eigenvalue weighted by molar-refractivity contribution is -0.121. The van der Waals surface area contributed by atoms with Crippen LogP contribution in [0.3, 0.4) is 0 Å². The van der Waals surface area contributed by atoms with E-state index in [1.165, 1.54) is 11.8 Å². The molecule has 1 aliphatic rings. The molecule has 2 rings (SSSR count). The Balaban J connectivity index is 2.46. The average molecular weight is 386 g/mol. The van der Waals surface area contributed by atoms with E-state index in [9.17, 15) is 34.5 Å². The van der Waals surface area contributed by atoms with Crippen molar-refractivity contribution in [2.75, 3.05) is 36.0 Å². The van der Waals surface area contributed by atoms with Crippen LogP contribution in [0.2, 0.25) is 0 Å². The number of amides is 1. The number of carbonyl (C=O) groups is 2. The minimum atomic E-state index is -1.69. The third-order valence-corrected chi connectivity index (χ3v) is 4.14. The van der Waals surface area contributed by atoms with Crippen molar-refractivity contribution in [2.24, 2.45) is 0 Å². The van der Waals surface area contributed by atoms with Crippen molar-refractivity contribution >= 4 is 23.2 Å². The number of Topliss-reactive ketones (excluding diaryl/α,β-unsaturated/α-hetero) is 1. The predicted molar refractivity (Wildman–Crippen MR) is 92.7 cm³/mol. The Labute approximate surface area is 152 Å². The topological polar surface area (TPSA) is 187 Å². The van der Waals surface area contributed by atoms with Crippen molar-refractivity contribution in [3.8, 4) is 0 Å². The zero-order chi connectivity index (χ0) is 20.3. The fraction of sp³-hybridized carbons (Fsp3) is 0.600.